The number of carbonyl (C=O) groups is 5. The van der Waals surface area contributed by atoms with Crippen molar-refractivity contribution >= 4 is 29.7 Å². The van der Waals surface area contributed by atoms with Crippen LogP contribution in [0, 0.1) is 0 Å². The van der Waals surface area contributed by atoms with Crippen molar-refractivity contribution in [1.29, 1.82) is 0 Å². The van der Waals surface area contributed by atoms with Gasteiger partial charge in [0.2, 0.25) is 17.7 Å². The number of aliphatic carboxylic acids is 1. The summed E-state index contributed by atoms with van der Waals surface area (Å²) in [4.78, 5) is 56.8. The lowest BCUT2D eigenvalue weighted by atomic mass is 10.1. The maximum atomic E-state index is 12.3. The first-order valence-electron chi connectivity index (χ1n) is 8.29. The largest absolute Gasteiger partial charge is 0.479 e. The fourth-order valence-electron chi connectivity index (χ4n) is 1.95. The highest BCUT2D eigenvalue weighted by atomic mass is 16.6. The Kier molecular flexibility index (Phi) is 10.6. The van der Waals surface area contributed by atoms with Crippen LogP contribution >= 0.6 is 0 Å². The van der Waals surface area contributed by atoms with Crippen molar-refractivity contribution in [3.8, 4) is 0 Å². The Hall–Kier alpha value is -2.65. The molecular weight excluding hydrogens is 346 g/mol. The smallest absolute Gasteiger partial charge is 0.344 e. The molecule has 10 heteroatoms. The highest BCUT2D eigenvalue weighted by Crippen LogP contribution is 2.03. The van der Waals surface area contributed by atoms with Crippen LogP contribution in [-0.2, 0) is 28.7 Å². The summed E-state index contributed by atoms with van der Waals surface area (Å²) in [6, 6.07) is -1.92. The lowest BCUT2D eigenvalue weighted by Gasteiger charge is -2.21. The number of carboxylic acids is 1. The van der Waals surface area contributed by atoms with Gasteiger partial charge in [-0.25, -0.2) is 9.59 Å². The van der Waals surface area contributed by atoms with E-state index in [1.165, 1.54) is 27.7 Å². The molecule has 0 aliphatic heterocycles. The lowest BCUT2D eigenvalue weighted by Crippen LogP contribution is -2.51. The zero-order valence-electron chi connectivity index (χ0n) is 15.5. The molecule has 0 rings (SSSR count). The van der Waals surface area contributed by atoms with E-state index in [4.69, 9.17) is 9.84 Å². The van der Waals surface area contributed by atoms with Gasteiger partial charge in [-0.05, 0) is 33.1 Å². The number of rotatable bonds is 11. The van der Waals surface area contributed by atoms with Gasteiger partial charge < -0.3 is 25.8 Å². The number of esters is 1. The number of carbonyl (C=O) groups excluding carboxylic acids is 4. The van der Waals surface area contributed by atoms with Gasteiger partial charge in [0.15, 0.2) is 6.10 Å². The van der Waals surface area contributed by atoms with Gasteiger partial charge >= 0.3 is 11.9 Å². The third-order valence-corrected chi connectivity index (χ3v) is 3.34. The van der Waals surface area contributed by atoms with Crippen LogP contribution in [0.3, 0.4) is 0 Å². The van der Waals surface area contributed by atoms with Gasteiger partial charge in [-0.3, -0.25) is 14.4 Å². The maximum Gasteiger partial charge on any atom is 0.344 e. The Labute approximate surface area is 152 Å². The molecule has 0 saturated carbocycles. The summed E-state index contributed by atoms with van der Waals surface area (Å²) in [6.45, 7) is 5.68. The summed E-state index contributed by atoms with van der Waals surface area (Å²) in [6.07, 6.45) is 0.171. The molecule has 0 radical (unpaired) electrons. The summed E-state index contributed by atoms with van der Waals surface area (Å²) in [5.41, 5.74) is 0. The minimum atomic E-state index is -1.33. The monoisotopic (exact) mass is 373 g/mol. The van der Waals surface area contributed by atoms with Crippen LogP contribution in [0.15, 0.2) is 0 Å². The van der Waals surface area contributed by atoms with E-state index in [-0.39, 0.29) is 5.91 Å². The zero-order valence-corrected chi connectivity index (χ0v) is 15.5. The molecule has 26 heavy (non-hydrogen) atoms. The van der Waals surface area contributed by atoms with Gasteiger partial charge in [-0.15, -0.1) is 0 Å². The van der Waals surface area contributed by atoms with E-state index < -0.39 is 41.9 Å². The number of nitrogens with one attached hydrogen (secondary N) is 3. The Morgan fingerprint density at radius 2 is 1.58 bits per heavy atom. The molecule has 0 aliphatic carbocycles. The van der Waals surface area contributed by atoms with E-state index in [0.29, 0.717) is 25.8 Å². The van der Waals surface area contributed by atoms with Crippen LogP contribution in [0.5, 0.6) is 0 Å². The van der Waals surface area contributed by atoms with E-state index in [2.05, 4.69) is 16.0 Å². The first-order valence-corrected chi connectivity index (χ1v) is 8.29. The molecule has 148 valence electrons. The normalized spacial score (nSPS) is 13.7. The molecule has 0 aromatic heterocycles. The summed E-state index contributed by atoms with van der Waals surface area (Å²) < 4.78 is 4.69. The van der Waals surface area contributed by atoms with Gasteiger partial charge in [-0.1, -0.05) is 0 Å². The van der Waals surface area contributed by atoms with Crippen molar-refractivity contribution in [3.05, 3.63) is 0 Å². The number of amides is 3. The number of hydrogen-bond acceptors (Lipinski definition) is 6. The van der Waals surface area contributed by atoms with Crippen molar-refractivity contribution in [2.24, 2.45) is 0 Å². The summed E-state index contributed by atoms with van der Waals surface area (Å²) in [5.74, 6) is -3.31. The summed E-state index contributed by atoms with van der Waals surface area (Å²) in [7, 11) is 0. The molecule has 0 saturated heterocycles. The minimum Gasteiger partial charge on any atom is -0.479 e. The van der Waals surface area contributed by atoms with Crippen LogP contribution in [0.1, 0.15) is 47.0 Å². The lowest BCUT2D eigenvalue weighted by molar-refractivity contribution is -0.164. The summed E-state index contributed by atoms with van der Waals surface area (Å²) >= 11 is 0. The maximum absolute atomic E-state index is 12.3. The number of hydrogen-bond donors (Lipinski definition) is 4. The van der Waals surface area contributed by atoms with Gasteiger partial charge in [0, 0.05) is 20.4 Å². The zero-order chi connectivity index (χ0) is 20.3. The SMILES string of the molecule is CC(=O)NCCCCC(NC(C)=O)C(=O)NC(C)C(=O)OC(C)C(=O)O. The van der Waals surface area contributed by atoms with Crippen molar-refractivity contribution in [1.82, 2.24) is 16.0 Å². The van der Waals surface area contributed by atoms with Crippen LogP contribution in [0.4, 0.5) is 0 Å². The second kappa shape index (κ2) is 11.8. The van der Waals surface area contributed by atoms with Crippen molar-refractivity contribution in [2.75, 3.05) is 6.54 Å². The summed E-state index contributed by atoms with van der Waals surface area (Å²) in [5, 5.41) is 16.2. The average Bonchev–Trinajstić information content (AvgIpc) is 2.52. The molecule has 10 nitrogen and oxygen atoms in total. The Morgan fingerprint density at radius 3 is 2.08 bits per heavy atom. The number of carboxylic acid groups (broad SMARTS) is 1. The number of unbranched alkanes of at least 4 members (excludes halogenated alkanes) is 1. The molecule has 0 aromatic rings. The van der Waals surface area contributed by atoms with Crippen molar-refractivity contribution in [3.63, 3.8) is 0 Å². The van der Waals surface area contributed by atoms with Crippen LogP contribution in [0.2, 0.25) is 0 Å². The van der Waals surface area contributed by atoms with Gasteiger partial charge in [0.25, 0.3) is 0 Å². The van der Waals surface area contributed by atoms with Gasteiger partial charge in [0.1, 0.15) is 12.1 Å². The Balaban J connectivity index is 4.56. The Morgan fingerprint density at radius 1 is 0.962 bits per heavy atom. The highest BCUT2D eigenvalue weighted by Gasteiger charge is 2.26. The molecule has 0 fully saturated rings. The molecular formula is C16H27N3O7. The van der Waals surface area contributed by atoms with E-state index >= 15 is 0 Å². The molecule has 0 aromatic carbocycles. The van der Waals surface area contributed by atoms with E-state index in [9.17, 15) is 24.0 Å². The molecule has 0 bridgehead atoms. The molecule has 0 heterocycles. The molecule has 3 atom stereocenters. The second-order valence-corrected chi connectivity index (χ2v) is 5.88. The highest BCUT2D eigenvalue weighted by molar-refractivity contribution is 5.90. The molecule has 3 amide bonds. The van der Waals surface area contributed by atoms with Gasteiger partial charge in [-0.2, -0.15) is 0 Å². The van der Waals surface area contributed by atoms with Gasteiger partial charge in [0.05, 0.1) is 0 Å². The quantitative estimate of drug-likeness (QED) is 0.277. The van der Waals surface area contributed by atoms with Crippen LogP contribution in [-0.4, -0.2) is 59.5 Å². The van der Waals surface area contributed by atoms with Crippen molar-refractivity contribution in [2.45, 2.75) is 65.1 Å². The standard InChI is InChI=1S/C16H27N3O7/c1-9(16(25)26-10(2)15(23)24)18-14(22)13(19-12(4)21)7-5-6-8-17-11(3)20/h9-10,13H,5-8H2,1-4H3,(H,17,20)(H,18,22)(H,19,21)(H,23,24). The van der Waals surface area contributed by atoms with E-state index in [1.54, 1.807) is 0 Å². The molecule has 3 unspecified atom stereocenters. The number of ether oxygens (including phenoxy) is 1. The Bertz CT molecular complexity index is 536. The van der Waals surface area contributed by atoms with E-state index in [1.807, 2.05) is 0 Å². The van der Waals surface area contributed by atoms with Crippen LogP contribution < -0.4 is 16.0 Å². The van der Waals surface area contributed by atoms with E-state index in [0.717, 1.165) is 0 Å². The fraction of sp³-hybridized carbons (Fsp3) is 0.688. The topological polar surface area (TPSA) is 151 Å². The molecule has 0 spiro atoms. The van der Waals surface area contributed by atoms with Crippen molar-refractivity contribution < 1.29 is 33.8 Å². The predicted octanol–water partition coefficient (Wildman–Crippen LogP) is -0.681. The predicted molar refractivity (Wildman–Crippen MR) is 90.9 cm³/mol. The third-order valence-electron chi connectivity index (χ3n) is 3.34. The van der Waals surface area contributed by atoms with Crippen LogP contribution in [0.25, 0.3) is 0 Å². The minimum absolute atomic E-state index is 0.149. The average molecular weight is 373 g/mol. The second-order valence-electron chi connectivity index (χ2n) is 5.88. The molecule has 4 N–H and O–H groups in total. The molecule has 0 aliphatic rings. The third kappa shape index (κ3) is 10.3. The first-order chi connectivity index (χ1) is 12.0. The fourth-order valence-corrected chi connectivity index (χ4v) is 1.95. The first kappa shape index (κ1) is 23.4.